The number of fused-ring (bicyclic) bond motifs is 8. The van der Waals surface area contributed by atoms with Gasteiger partial charge in [-0.1, -0.05) is 54.6 Å². The van der Waals surface area contributed by atoms with E-state index >= 15 is 0 Å². The molecular weight excluding hydrogens is 424 g/mol. The summed E-state index contributed by atoms with van der Waals surface area (Å²) in [5.41, 5.74) is 4.81. The first kappa shape index (κ1) is 19.2. The van der Waals surface area contributed by atoms with Crippen LogP contribution in [0.1, 0.15) is 38.2 Å². The lowest BCUT2D eigenvalue weighted by atomic mass is 9.76. The molecule has 1 spiro atoms. The van der Waals surface area contributed by atoms with Gasteiger partial charge in [-0.3, -0.25) is 0 Å². The number of esters is 1. The molecule has 1 unspecified atom stereocenters. The van der Waals surface area contributed by atoms with E-state index in [4.69, 9.17) is 4.74 Å². The minimum absolute atomic E-state index is 0.162. The lowest BCUT2D eigenvalue weighted by Gasteiger charge is -2.37. The van der Waals surface area contributed by atoms with Crippen LogP contribution in [0.5, 0.6) is 11.5 Å². The van der Waals surface area contributed by atoms with E-state index in [9.17, 15) is 15.0 Å². The van der Waals surface area contributed by atoms with Crippen molar-refractivity contribution in [1.82, 2.24) is 0 Å². The molecule has 1 aliphatic carbocycles. The molecular formula is C30H20O4. The van der Waals surface area contributed by atoms with Gasteiger partial charge in [-0.25, -0.2) is 4.79 Å². The molecule has 4 heteroatoms. The van der Waals surface area contributed by atoms with Crippen molar-refractivity contribution >= 4 is 27.5 Å². The number of carbonyl (C=O) groups is 1. The molecule has 0 fully saturated rings. The zero-order valence-corrected chi connectivity index (χ0v) is 18.6. The summed E-state index contributed by atoms with van der Waals surface area (Å²) in [4.78, 5) is 13.6. The van der Waals surface area contributed by atoms with Crippen LogP contribution in [-0.4, -0.2) is 16.2 Å². The summed E-state index contributed by atoms with van der Waals surface area (Å²) in [7, 11) is 0. The zero-order valence-electron chi connectivity index (χ0n) is 18.6. The maximum atomic E-state index is 13.6. The topological polar surface area (TPSA) is 66.8 Å². The maximum absolute atomic E-state index is 13.6. The first-order chi connectivity index (χ1) is 16.4. The van der Waals surface area contributed by atoms with Crippen LogP contribution in [0, 0.1) is 13.8 Å². The second kappa shape index (κ2) is 6.17. The Hall–Kier alpha value is -4.31. The Morgan fingerprint density at radius 2 is 1.53 bits per heavy atom. The van der Waals surface area contributed by atoms with Crippen LogP contribution in [0.15, 0.2) is 72.8 Å². The first-order valence-corrected chi connectivity index (χ1v) is 11.3. The lowest BCUT2D eigenvalue weighted by molar-refractivity contribution is 0.0145. The average molecular weight is 444 g/mol. The third kappa shape index (κ3) is 2.07. The quantitative estimate of drug-likeness (QED) is 0.269. The van der Waals surface area contributed by atoms with E-state index in [1.165, 1.54) is 0 Å². The molecule has 0 radical (unpaired) electrons. The summed E-state index contributed by atoms with van der Waals surface area (Å²) in [5, 5.41) is 25.2. The molecule has 1 aliphatic heterocycles. The molecule has 2 N–H and O–H groups in total. The van der Waals surface area contributed by atoms with Crippen molar-refractivity contribution in [1.29, 1.82) is 0 Å². The van der Waals surface area contributed by atoms with E-state index < -0.39 is 5.60 Å². The number of aryl methyl sites for hydroxylation is 1. The Morgan fingerprint density at radius 3 is 2.32 bits per heavy atom. The van der Waals surface area contributed by atoms with Gasteiger partial charge < -0.3 is 14.9 Å². The van der Waals surface area contributed by atoms with Gasteiger partial charge >= 0.3 is 5.97 Å². The normalized spacial score (nSPS) is 17.8. The number of phenolic OH excluding ortho intramolecular Hbond substituents is 2. The highest BCUT2D eigenvalue weighted by Gasteiger charge is 2.53. The molecule has 0 bridgehead atoms. The van der Waals surface area contributed by atoms with E-state index in [2.05, 4.69) is 0 Å². The fraction of sp³-hybridized carbons (Fsp3) is 0.100. The Bertz CT molecular complexity index is 1740. The standard InChI is InChI=1S/C30H20O4/c1-15-13-23-21(14-24(15)31)25-16(2)28(32)19-10-4-3-9-18(19)27(25)30(23)22-12-6-8-17-7-5-11-20(26(17)22)29(33)34-30/h3-14,31-32H,1-2H3. The molecule has 1 heterocycles. The summed E-state index contributed by atoms with van der Waals surface area (Å²) in [6, 6.07) is 23.0. The van der Waals surface area contributed by atoms with Gasteiger partial charge in [-0.15, -0.1) is 0 Å². The number of phenols is 2. The highest BCUT2D eigenvalue weighted by molar-refractivity contribution is 6.12. The van der Waals surface area contributed by atoms with Gasteiger partial charge in [0, 0.05) is 27.5 Å². The first-order valence-electron chi connectivity index (χ1n) is 11.3. The van der Waals surface area contributed by atoms with E-state index in [1.54, 1.807) is 12.1 Å². The van der Waals surface area contributed by atoms with Crippen LogP contribution in [0.25, 0.3) is 32.7 Å². The van der Waals surface area contributed by atoms with Gasteiger partial charge in [0.1, 0.15) is 11.5 Å². The maximum Gasteiger partial charge on any atom is 0.340 e. The number of ether oxygens (including phenoxy) is 1. The fourth-order valence-electron chi connectivity index (χ4n) is 6.02. The number of carbonyl (C=O) groups excluding carboxylic acids is 1. The molecule has 7 rings (SSSR count). The molecule has 0 aromatic heterocycles. The second-order valence-corrected chi connectivity index (χ2v) is 9.23. The second-order valence-electron chi connectivity index (χ2n) is 9.23. The third-order valence-corrected chi connectivity index (χ3v) is 7.52. The van der Waals surface area contributed by atoms with Crippen molar-refractivity contribution in [3.05, 3.63) is 106 Å². The average Bonchev–Trinajstić information content (AvgIpc) is 3.11. The fourth-order valence-corrected chi connectivity index (χ4v) is 6.02. The third-order valence-electron chi connectivity index (χ3n) is 7.52. The molecule has 2 aliphatic rings. The van der Waals surface area contributed by atoms with Crippen LogP contribution in [0.2, 0.25) is 0 Å². The van der Waals surface area contributed by atoms with Crippen molar-refractivity contribution in [3.8, 4) is 22.6 Å². The van der Waals surface area contributed by atoms with Crippen LogP contribution in [0.4, 0.5) is 0 Å². The van der Waals surface area contributed by atoms with Crippen molar-refractivity contribution in [2.24, 2.45) is 0 Å². The van der Waals surface area contributed by atoms with Gasteiger partial charge in [0.05, 0.1) is 5.56 Å². The Balaban J connectivity index is 1.79. The summed E-state index contributed by atoms with van der Waals surface area (Å²) in [5.74, 6) is -0.0312. The van der Waals surface area contributed by atoms with Crippen molar-refractivity contribution in [2.45, 2.75) is 19.4 Å². The summed E-state index contributed by atoms with van der Waals surface area (Å²) in [6.07, 6.45) is 0. The highest BCUT2D eigenvalue weighted by atomic mass is 16.6. The van der Waals surface area contributed by atoms with Crippen LogP contribution in [0.3, 0.4) is 0 Å². The van der Waals surface area contributed by atoms with E-state index in [0.717, 1.165) is 44.0 Å². The van der Waals surface area contributed by atoms with Gasteiger partial charge in [0.25, 0.3) is 0 Å². The van der Waals surface area contributed by atoms with Crippen molar-refractivity contribution < 1.29 is 19.7 Å². The largest absolute Gasteiger partial charge is 0.508 e. The number of aromatic hydroxyl groups is 2. The molecule has 0 saturated carbocycles. The van der Waals surface area contributed by atoms with Gasteiger partial charge in [0.2, 0.25) is 0 Å². The van der Waals surface area contributed by atoms with Crippen LogP contribution < -0.4 is 0 Å². The minimum atomic E-state index is -1.20. The Kier molecular flexibility index (Phi) is 3.48. The molecule has 5 aromatic rings. The van der Waals surface area contributed by atoms with Crippen LogP contribution in [-0.2, 0) is 10.3 Å². The van der Waals surface area contributed by atoms with Crippen molar-refractivity contribution in [3.63, 3.8) is 0 Å². The van der Waals surface area contributed by atoms with Crippen LogP contribution >= 0.6 is 0 Å². The minimum Gasteiger partial charge on any atom is -0.508 e. The number of hydrogen-bond donors (Lipinski definition) is 2. The molecule has 5 aromatic carbocycles. The van der Waals surface area contributed by atoms with Gasteiger partial charge in [-0.05, 0) is 65.1 Å². The predicted molar refractivity (Wildman–Crippen MR) is 131 cm³/mol. The van der Waals surface area contributed by atoms with Gasteiger partial charge in [-0.2, -0.15) is 0 Å². The SMILES string of the molecule is Cc1cc2c(cc1O)-c1c(C)c(O)c3ccccc3c1C21OC(=O)c2cccc3cccc1c23. The predicted octanol–water partition coefficient (Wildman–Crippen LogP) is 6.46. The number of rotatable bonds is 0. The molecule has 1 atom stereocenters. The molecule has 0 saturated heterocycles. The van der Waals surface area contributed by atoms with E-state index in [0.29, 0.717) is 22.1 Å². The monoisotopic (exact) mass is 444 g/mol. The van der Waals surface area contributed by atoms with E-state index in [-0.39, 0.29) is 17.5 Å². The Labute approximate surface area is 195 Å². The molecule has 4 nitrogen and oxygen atoms in total. The molecule has 164 valence electrons. The highest BCUT2D eigenvalue weighted by Crippen LogP contribution is 2.61. The Morgan fingerprint density at radius 1 is 0.794 bits per heavy atom. The number of hydrogen-bond acceptors (Lipinski definition) is 4. The summed E-state index contributed by atoms with van der Waals surface area (Å²) < 4.78 is 6.50. The molecule has 34 heavy (non-hydrogen) atoms. The van der Waals surface area contributed by atoms with Crippen molar-refractivity contribution in [2.75, 3.05) is 0 Å². The smallest absolute Gasteiger partial charge is 0.340 e. The van der Waals surface area contributed by atoms with E-state index in [1.807, 2.05) is 74.5 Å². The zero-order chi connectivity index (χ0) is 23.4. The number of benzene rings is 5. The summed E-state index contributed by atoms with van der Waals surface area (Å²) >= 11 is 0. The van der Waals surface area contributed by atoms with Gasteiger partial charge in [0.15, 0.2) is 5.60 Å². The molecule has 0 amide bonds. The lowest BCUT2D eigenvalue weighted by Crippen LogP contribution is -2.37. The summed E-state index contributed by atoms with van der Waals surface area (Å²) in [6.45, 7) is 3.72.